The zero-order valence-electron chi connectivity index (χ0n) is 12.3. The van der Waals surface area contributed by atoms with E-state index in [1.165, 1.54) is 12.1 Å². The van der Waals surface area contributed by atoms with Crippen LogP contribution in [-0.2, 0) is 0 Å². The van der Waals surface area contributed by atoms with E-state index in [1.807, 2.05) is 12.1 Å². The van der Waals surface area contributed by atoms with Crippen LogP contribution in [0, 0.1) is 5.82 Å². The molecule has 6 heteroatoms. The number of carbonyl (C=O) groups excluding carboxylic acids is 1. The number of anilines is 1. The summed E-state index contributed by atoms with van der Waals surface area (Å²) in [6, 6.07) is 11.5. The molecular formula is C17H15Cl2FN2O. The number of carbonyl (C=O) groups is 1. The van der Waals surface area contributed by atoms with E-state index in [2.05, 4.69) is 4.90 Å². The number of amides is 1. The Bertz CT molecular complexity index is 730. The van der Waals surface area contributed by atoms with E-state index in [1.54, 1.807) is 23.1 Å². The Morgan fingerprint density at radius 2 is 1.65 bits per heavy atom. The Labute approximate surface area is 144 Å². The molecule has 1 amide bonds. The summed E-state index contributed by atoms with van der Waals surface area (Å²) in [6.45, 7) is 2.27. The molecule has 2 aromatic carbocycles. The summed E-state index contributed by atoms with van der Waals surface area (Å²) in [5.41, 5.74) is 0.971. The maximum Gasteiger partial charge on any atom is 0.256 e. The largest absolute Gasteiger partial charge is 0.367 e. The molecule has 0 aliphatic carbocycles. The molecule has 1 aliphatic rings. The summed E-state index contributed by atoms with van der Waals surface area (Å²) < 4.78 is 13.7. The number of hydrogen-bond acceptors (Lipinski definition) is 2. The normalized spacial score (nSPS) is 14.9. The lowest BCUT2D eigenvalue weighted by atomic mass is 10.1. The fraction of sp³-hybridized carbons (Fsp3) is 0.235. The fourth-order valence-corrected chi connectivity index (χ4v) is 3.11. The second kappa shape index (κ2) is 6.77. The van der Waals surface area contributed by atoms with E-state index < -0.39 is 5.82 Å². The molecule has 0 atom stereocenters. The van der Waals surface area contributed by atoms with Crippen molar-refractivity contribution in [3.63, 3.8) is 0 Å². The first kappa shape index (κ1) is 16.1. The van der Waals surface area contributed by atoms with Gasteiger partial charge in [0.15, 0.2) is 0 Å². The Kier molecular flexibility index (Phi) is 4.74. The van der Waals surface area contributed by atoms with E-state index in [-0.39, 0.29) is 11.5 Å². The van der Waals surface area contributed by atoms with Gasteiger partial charge in [0.25, 0.3) is 5.91 Å². The van der Waals surface area contributed by atoms with Gasteiger partial charge in [-0.2, -0.15) is 0 Å². The molecule has 2 aromatic rings. The Hall–Kier alpha value is -1.78. The summed E-state index contributed by atoms with van der Waals surface area (Å²) in [7, 11) is 0. The predicted molar refractivity (Wildman–Crippen MR) is 91.0 cm³/mol. The first-order valence-electron chi connectivity index (χ1n) is 7.30. The summed E-state index contributed by atoms with van der Waals surface area (Å²) in [4.78, 5) is 16.1. The number of hydrogen-bond donors (Lipinski definition) is 0. The molecule has 0 unspecified atom stereocenters. The van der Waals surface area contributed by atoms with Gasteiger partial charge in [-0.15, -0.1) is 0 Å². The molecule has 0 spiro atoms. The maximum absolute atomic E-state index is 13.7. The summed E-state index contributed by atoms with van der Waals surface area (Å²) in [6.07, 6.45) is 0. The first-order chi connectivity index (χ1) is 11.1. The van der Waals surface area contributed by atoms with Crippen LogP contribution in [0.5, 0.6) is 0 Å². The van der Waals surface area contributed by atoms with Gasteiger partial charge in [0, 0.05) is 26.2 Å². The van der Waals surface area contributed by atoms with E-state index in [4.69, 9.17) is 23.2 Å². The van der Waals surface area contributed by atoms with Gasteiger partial charge in [0.1, 0.15) is 5.82 Å². The zero-order chi connectivity index (χ0) is 16.4. The van der Waals surface area contributed by atoms with Crippen molar-refractivity contribution >= 4 is 34.8 Å². The van der Waals surface area contributed by atoms with Gasteiger partial charge in [0.2, 0.25) is 0 Å². The minimum atomic E-state index is -0.488. The van der Waals surface area contributed by atoms with Gasteiger partial charge >= 0.3 is 0 Å². The molecule has 1 fully saturated rings. The predicted octanol–water partition coefficient (Wildman–Crippen LogP) is 4.09. The first-order valence-corrected chi connectivity index (χ1v) is 8.06. The topological polar surface area (TPSA) is 23.6 Å². The van der Waals surface area contributed by atoms with Crippen LogP contribution in [0.2, 0.25) is 10.0 Å². The lowest BCUT2D eigenvalue weighted by Crippen LogP contribution is -2.49. The SMILES string of the molecule is O=C(c1ccccc1F)N1CCN(c2cccc(Cl)c2Cl)CC1. The van der Waals surface area contributed by atoms with Crippen molar-refractivity contribution in [3.8, 4) is 0 Å². The number of halogens is 3. The molecule has 0 bridgehead atoms. The van der Waals surface area contributed by atoms with Crippen LogP contribution in [-0.4, -0.2) is 37.0 Å². The van der Waals surface area contributed by atoms with Gasteiger partial charge in [-0.1, -0.05) is 41.4 Å². The summed E-state index contributed by atoms with van der Waals surface area (Å²) >= 11 is 12.3. The van der Waals surface area contributed by atoms with Crippen molar-refractivity contribution in [1.29, 1.82) is 0 Å². The van der Waals surface area contributed by atoms with Crippen molar-refractivity contribution in [3.05, 3.63) is 63.9 Å². The standard InChI is InChI=1S/C17H15Cl2FN2O/c18-13-5-3-7-15(16(13)19)21-8-10-22(11-9-21)17(23)12-4-1-2-6-14(12)20/h1-7H,8-11H2. The molecule has 1 saturated heterocycles. The average Bonchev–Trinajstić information content (AvgIpc) is 2.57. The maximum atomic E-state index is 13.7. The Morgan fingerprint density at radius 1 is 0.957 bits per heavy atom. The third kappa shape index (κ3) is 3.28. The molecule has 1 heterocycles. The quantitative estimate of drug-likeness (QED) is 0.812. The van der Waals surface area contributed by atoms with E-state index in [0.29, 0.717) is 36.2 Å². The summed E-state index contributed by atoms with van der Waals surface area (Å²) in [5.74, 6) is -0.766. The molecule has 0 radical (unpaired) electrons. The molecule has 0 saturated carbocycles. The van der Waals surface area contributed by atoms with Gasteiger partial charge in [-0.3, -0.25) is 4.79 Å². The minimum Gasteiger partial charge on any atom is -0.367 e. The highest BCUT2D eigenvalue weighted by Gasteiger charge is 2.25. The highest BCUT2D eigenvalue weighted by molar-refractivity contribution is 6.43. The lowest BCUT2D eigenvalue weighted by molar-refractivity contribution is 0.0742. The molecule has 0 aromatic heterocycles. The van der Waals surface area contributed by atoms with Crippen LogP contribution in [0.4, 0.5) is 10.1 Å². The molecule has 23 heavy (non-hydrogen) atoms. The van der Waals surface area contributed by atoms with Crippen molar-refractivity contribution in [2.75, 3.05) is 31.1 Å². The van der Waals surface area contributed by atoms with Crippen molar-refractivity contribution in [1.82, 2.24) is 4.90 Å². The minimum absolute atomic E-state index is 0.113. The Morgan fingerprint density at radius 3 is 2.35 bits per heavy atom. The van der Waals surface area contributed by atoms with Crippen molar-refractivity contribution < 1.29 is 9.18 Å². The third-order valence-electron chi connectivity index (χ3n) is 3.94. The average molecular weight is 353 g/mol. The van der Waals surface area contributed by atoms with E-state index in [9.17, 15) is 9.18 Å². The lowest BCUT2D eigenvalue weighted by Gasteiger charge is -2.36. The fourth-order valence-electron chi connectivity index (χ4n) is 2.69. The monoisotopic (exact) mass is 352 g/mol. The van der Waals surface area contributed by atoms with Crippen LogP contribution in [0.1, 0.15) is 10.4 Å². The van der Waals surface area contributed by atoms with Crippen molar-refractivity contribution in [2.45, 2.75) is 0 Å². The second-order valence-corrected chi connectivity index (χ2v) is 6.12. The van der Waals surface area contributed by atoms with Gasteiger partial charge in [-0.25, -0.2) is 4.39 Å². The van der Waals surface area contributed by atoms with E-state index in [0.717, 1.165) is 5.69 Å². The van der Waals surface area contributed by atoms with Gasteiger partial charge in [0.05, 0.1) is 21.3 Å². The molecule has 1 aliphatic heterocycles. The number of nitrogens with zero attached hydrogens (tertiary/aromatic N) is 2. The third-order valence-corrected chi connectivity index (χ3v) is 4.75. The van der Waals surface area contributed by atoms with Crippen LogP contribution in [0.25, 0.3) is 0 Å². The molecule has 120 valence electrons. The highest BCUT2D eigenvalue weighted by Crippen LogP contribution is 2.33. The second-order valence-electron chi connectivity index (χ2n) is 5.33. The smallest absolute Gasteiger partial charge is 0.256 e. The van der Waals surface area contributed by atoms with Crippen LogP contribution < -0.4 is 4.90 Å². The number of piperazine rings is 1. The Balaban J connectivity index is 1.70. The summed E-state index contributed by atoms with van der Waals surface area (Å²) in [5, 5.41) is 1.03. The molecule has 0 N–H and O–H groups in total. The highest BCUT2D eigenvalue weighted by atomic mass is 35.5. The molecule has 3 rings (SSSR count). The number of rotatable bonds is 2. The van der Waals surface area contributed by atoms with Gasteiger partial charge < -0.3 is 9.80 Å². The van der Waals surface area contributed by atoms with Gasteiger partial charge in [-0.05, 0) is 24.3 Å². The van der Waals surface area contributed by atoms with Crippen LogP contribution in [0.3, 0.4) is 0 Å². The molecular weight excluding hydrogens is 338 g/mol. The van der Waals surface area contributed by atoms with Crippen molar-refractivity contribution in [2.24, 2.45) is 0 Å². The zero-order valence-corrected chi connectivity index (χ0v) is 13.8. The number of benzene rings is 2. The van der Waals surface area contributed by atoms with E-state index >= 15 is 0 Å². The molecule has 3 nitrogen and oxygen atoms in total. The van der Waals surface area contributed by atoms with Crippen LogP contribution >= 0.6 is 23.2 Å². The van der Waals surface area contributed by atoms with Crippen LogP contribution in [0.15, 0.2) is 42.5 Å².